The van der Waals surface area contributed by atoms with Gasteiger partial charge in [0, 0.05) is 12.2 Å². The zero-order valence-corrected chi connectivity index (χ0v) is 11.6. The van der Waals surface area contributed by atoms with Gasteiger partial charge >= 0.3 is 0 Å². The summed E-state index contributed by atoms with van der Waals surface area (Å²) in [5.74, 6) is 1.64. The number of rotatable bonds is 2. The van der Waals surface area contributed by atoms with Gasteiger partial charge in [-0.25, -0.2) is 4.98 Å². The van der Waals surface area contributed by atoms with E-state index in [0.29, 0.717) is 11.2 Å². The Morgan fingerprint density at radius 2 is 2.06 bits per heavy atom. The number of halogens is 1. The predicted octanol–water partition coefficient (Wildman–Crippen LogP) is 4.28. The quantitative estimate of drug-likeness (QED) is 0.795. The fourth-order valence-electron chi connectivity index (χ4n) is 2.55. The average Bonchev–Trinajstić information content (AvgIpc) is 2.29. The van der Waals surface area contributed by atoms with E-state index in [1.807, 2.05) is 6.92 Å². The Bertz CT molecular complexity index is 392. The lowest BCUT2D eigenvalue weighted by atomic mass is 9.79. The van der Waals surface area contributed by atoms with Gasteiger partial charge < -0.3 is 5.32 Å². The molecule has 1 aromatic rings. The van der Waals surface area contributed by atoms with Crippen LogP contribution in [0.4, 0.5) is 5.69 Å². The van der Waals surface area contributed by atoms with Crippen molar-refractivity contribution in [3.8, 4) is 0 Å². The molecule has 0 spiro atoms. The van der Waals surface area contributed by atoms with Crippen molar-refractivity contribution in [3.63, 3.8) is 0 Å². The highest BCUT2D eigenvalue weighted by Crippen LogP contribution is 2.32. The number of hydrogen-bond acceptors (Lipinski definition) is 2. The largest absolute Gasteiger partial charge is 0.380 e. The standard InChI is InChI=1S/C14H21ClN2/c1-9-6-13(14(15)16-8-9)17-12-5-4-10(2)11(3)7-12/h6,8,10-12,17H,4-5,7H2,1-3H3. The van der Waals surface area contributed by atoms with E-state index in [4.69, 9.17) is 11.6 Å². The molecule has 1 aromatic heterocycles. The molecule has 0 aliphatic heterocycles. The molecule has 1 saturated carbocycles. The lowest BCUT2D eigenvalue weighted by Crippen LogP contribution is -2.30. The molecule has 94 valence electrons. The molecule has 0 amide bonds. The topological polar surface area (TPSA) is 24.9 Å². The number of pyridine rings is 1. The maximum absolute atomic E-state index is 6.11. The number of nitrogens with one attached hydrogen (secondary N) is 1. The third-order valence-electron chi connectivity index (χ3n) is 3.93. The van der Waals surface area contributed by atoms with Gasteiger partial charge in [-0.1, -0.05) is 25.4 Å². The van der Waals surface area contributed by atoms with Crippen LogP contribution in [0.25, 0.3) is 0 Å². The lowest BCUT2D eigenvalue weighted by molar-refractivity contribution is 0.261. The minimum Gasteiger partial charge on any atom is -0.380 e. The summed E-state index contributed by atoms with van der Waals surface area (Å²) in [6.07, 6.45) is 5.57. The molecule has 1 heterocycles. The molecule has 0 bridgehead atoms. The van der Waals surface area contributed by atoms with Crippen molar-refractivity contribution in [2.45, 2.75) is 46.1 Å². The van der Waals surface area contributed by atoms with Crippen LogP contribution in [-0.2, 0) is 0 Å². The van der Waals surface area contributed by atoms with E-state index in [1.54, 1.807) is 6.20 Å². The second kappa shape index (κ2) is 5.26. The summed E-state index contributed by atoms with van der Waals surface area (Å²) in [5, 5.41) is 4.13. The van der Waals surface area contributed by atoms with Crippen molar-refractivity contribution in [1.29, 1.82) is 0 Å². The smallest absolute Gasteiger partial charge is 0.152 e. The van der Waals surface area contributed by atoms with Crippen LogP contribution < -0.4 is 5.32 Å². The van der Waals surface area contributed by atoms with E-state index in [2.05, 4.69) is 30.2 Å². The minimum absolute atomic E-state index is 0.544. The molecule has 3 atom stereocenters. The van der Waals surface area contributed by atoms with E-state index >= 15 is 0 Å². The maximum Gasteiger partial charge on any atom is 0.152 e. The first-order chi connectivity index (χ1) is 8.06. The van der Waals surface area contributed by atoms with Crippen LogP contribution in [0.15, 0.2) is 12.3 Å². The van der Waals surface area contributed by atoms with Crippen LogP contribution in [0.2, 0.25) is 5.15 Å². The van der Waals surface area contributed by atoms with Gasteiger partial charge in [-0.05, 0) is 49.7 Å². The summed E-state index contributed by atoms with van der Waals surface area (Å²) in [4.78, 5) is 4.18. The van der Waals surface area contributed by atoms with Crippen LogP contribution in [0.5, 0.6) is 0 Å². The SMILES string of the molecule is Cc1cnc(Cl)c(NC2CCC(C)C(C)C2)c1. The second-order valence-corrected chi connectivity index (χ2v) is 5.82. The van der Waals surface area contributed by atoms with Crippen molar-refractivity contribution in [2.24, 2.45) is 11.8 Å². The molecular weight excluding hydrogens is 232 g/mol. The van der Waals surface area contributed by atoms with E-state index in [0.717, 1.165) is 23.1 Å². The Hall–Kier alpha value is -0.760. The Labute approximate surface area is 109 Å². The molecule has 0 saturated heterocycles. The first kappa shape index (κ1) is 12.7. The van der Waals surface area contributed by atoms with E-state index < -0.39 is 0 Å². The number of aryl methyl sites for hydroxylation is 1. The Kier molecular flexibility index (Phi) is 3.93. The summed E-state index contributed by atoms with van der Waals surface area (Å²) >= 11 is 6.11. The molecule has 0 radical (unpaired) electrons. The van der Waals surface area contributed by atoms with E-state index in [-0.39, 0.29) is 0 Å². The summed E-state index contributed by atoms with van der Waals surface area (Å²) < 4.78 is 0. The van der Waals surface area contributed by atoms with Gasteiger partial charge in [-0.3, -0.25) is 0 Å². The molecular formula is C14H21ClN2. The van der Waals surface area contributed by atoms with Gasteiger partial charge in [-0.15, -0.1) is 0 Å². The lowest BCUT2D eigenvalue weighted by Gasteiger charge is -2.33. The summed E-state index contributed by atoms with van der Waals surface area (Å²) in [6.45, 7) is 6.73. The van der Waals surface area contributed by atoms with Crippen LogP contribution in [-0.4, -0.2) is 11.0 Å². The minimum atomic E-state index is 0.544. The van der Waals surface area contributed by atoms with Gasteiger partial charge in [0.1, 0.15) is 0 Å². The molecule has 3 unspecified atom stereocenters. The van der Waals surface area contributed by atoms with Crippen molar-refractivity contribution in [3.05, 3.63) is 23.0 Å². The Morgan fingerprint density at radius 1 is 1.29 bits per heavy atom. The van der Waals surface area contributed by atoms with E-state index in [9.17, 15) is 0 Å². The fourth-order valence-corrected chi connectivity index (χ4v) is 2.71. The summed E-state index contributed by atoms with van der Waals surface area (Å²) in [7, 11) is 0. The van der Waals surface area contributed by atoms with Crippen LogP contribution >= 0.6 is 11.6 Å². The molecule has 1 fully saturated rings. The van der Waals surface area contributed by atoms with Crippen molar-refractivity contribution in [2.75, 3.05) is 5.32 Å². The van der Waals surface area contributed by atoms with Crippen LogP contribution in [0.3, 0.4) is 0 Å². The molecule has 2 rings (SSSR count). The molecule has 2 nitrogen and oxygen atoms in total. The molecule has 1 aliphatic carbocycles. The van der Waals surface area contributed by atoms with Crippen molar-refractivity contribution < 1.29 is 0 Å². The number of anilines is 1. The zero-order valence-electron chi connectivity index (χ0n) is 10.8. The molecule has 3 heteroatoms. The van der Waals surface area contributed by atoms with Crippen molar-refractivity contribution in [1.82, 2.24) is 4.98 Å². The Balaban J connectivity index is 2.03. The van der Waals surface area contributed by atoms with Gasteiger partial charge in [0.15, 0.2) is 5.15 Å². The second-order valence-electron chi connectivity index (χ2n) is 5.46. The van der Waals surface area contributed by atoms with Crippen molar-refractivity contribution >= 4 is 17.3 Å². The first-order valence-electron chi connectivity index (χ1n) is 6.45. The molecule has 0 aromatic carbocycles. The third-order valence-corrected chi connectivity index (χ3v) is 4.23. The normalized spacial score (nSPS) is 29.1. The predicted molar refractivity (Wildman–Crippen MR) is 73.6 cm³/mol. The molecule has 1 N–H and O–H groups in total. The van der Waals surface area contributed by atoms with Gasteiger partial charge in [0.05, 0.1) is 5.69 Å². The first-order valence-corrected chi connectivity index (χ1v) is 6.82. The highest BCUT2D eigenvalue weighted by atomic mass is 35.5. The molecule has 17 heavy (non-hydrogen) atoms. The van der Waals surface area contributed by atoms with Gasteiger partial charge in [0.25, 0.3) is 0 Å². The summed E-state index contributed by atoms with van der Waals surface area (Å²) in [5.41, 5.74) is 2.13. The average molecular weight is 253 g/mol. The van der Waals surface area contributed by atoms with Gasteiger partial charge in [0.2, 0.25) is 0 Å². The number of nitrogens with zero attached hydrogens (tertiary/aromatic N) is 1. The zero-order chi connectivity index (χ0) is 12.4. The molecule has 1 aliphatic rings. The third kappa shape index (κ3) is 3.12. The van der Waals surface area contributed by atoms with Crippen LogP contribution in [0, 0.1) is 18.8 Å². The number of hydrogen-bond donors (Lipinski definition) is 1. The maximum atomic E-state index is 6.11. The monoisotopic (exact) mass is 252 g/mol. The van der Waals surface area contributed by atoms with E-state index in [1.165, 1.54) is 19.3 Å². The highest BCUT2D eigenvalue weighted by Gasteiger charge is 2.24. The number of aromatic nitrogens is 1. The van der Waals surface area contributed by atoms with Crippen LogP contribution in [0.1, 0.15) is 38.7 Å². The Morgan fingerprint density at radius 3 is 2.76 bits per heavy atom. The highest BCUT2D eigenvalue weighted by molar-refractivity contribution is 6.31. The summed E-state index contributed by atoms with van der Waals surface area (Å²) in [6, 6.07) is 2.63. The fraction of sp³-hybridized carbons (Fsp3) is 0.643. The van der Waals surface area contributed by atoms with Gasteiger partial charge in [-0.2, -0.15) is 0 Å².